The van der Waals surface area contributed by atoms with E-state index in [1.165, 1.54) is 4.90 Å². The minimum atomic E-state index is -4.15. The summed E-state index contributed by atoms with van der Waals surface area (Å²) in [5.74, 6) is 0. The molecule has 1 aromatic rings. The van der Waals surface area contributed by atoms with Crippen LogP contribution in [0.2, 0.25) is 0 Å². The molecule has 0 heterocycles. The van der Waals surface area contributed by atoms with Crippen molar-refractivity contribution in [2.24, 2.45) is 0 Å². The van der Waals surface area contributed by atoms with Gasteiger partial charge in [-0.1, -0.05) is 43.7 Å². The van der Waals surface area contributed by atoms with Crippen LogP contribution < -0.4 is 5.32 Å². The van der Waals surface area contributed by atoms with Crippen LogP contribution in [0.3, 0.4) is 0 Å². The maximum absolute atomic E-state index is 12.5. The average molecular weight is 288 g/mol. The Morgan fingerprint density at radius 3 is 2.20 bits per heavy atom. The van der Waals surface area contributed by atoms with Gasteiger partial charge in [-0.05, 0) is 25.6 Å². The smallest absolute Gasteiger partial charge is 0.309 e. The Balaban J connectivity index is 2.77. The van der Waals surface area contributed by atoms with Gasteiger partial charge in [-0.15, -0.1) is 0 Å². The maximum Gasteiger partial charge on any atom is 0.401 e. The summed E-state index contributed by atoms with van der Waals surface area (Å²) in [6, 6.07) is 7.84. The lowest BCUT2D eigenvalue weighted by molar-refractivity contribution is -0.146. The quantitative estimate of drug-likeness (QED) is 0.825. The van der Waals surface area contributed by atoms with Gasteiger partial charge in [0.05, 0.1) is 6.54 Å². The summed E-state index contributed by atoms with van der Waals surface area (Å²) >= 11 is 0. The molecule has 1 aromatic carbocycles. The highest BCUT2D eigenvalue weighted by atomic mass is 19.4. The van der Waals surface area contributed by atoms with E-state index in [2.05, 4.69) is 5.32 Å². The first-order chi connectivity index (χ1) is 9.35. The summed E-state index contributed by atoms with van der Waals surface area (Å²) in [5, 5.41) is 3.26. The summed E-state index contributed by atoms with van der Waals surface area (Å²) in [4.78, 5) is 1.42. The molecule has 1 N–H and O–H groups in total. The van der Waals surface area contributed by atoms with Gasteiger partial charge in [-0.2, -0.15) is 13.2 Å². The molecular weight excluding hydrogens is 265 g/mol. The Morgan fingerprint density at radius 2 is 1.75 bits per heavy atom. The number of rotatable bonds is 7. The van der Waals surface area contributed by atoms with Gasteiger partial charge >= 0.3 is 6.18 Å². The molecule has 1 unspecified atom stereocenters. The Kier molecular flexibility index (Phi) is 6.49. The van der Waals surface area contributed by atoms with Gasteiger partial charge in [0, 0.05) is 12.6 Å². The van der Waals surface area contributed by atoms with Gasteiger partial charge in [0.1, 0.15) is 0 Å². The van der Waals surface area contributed by atoms with E-state index in [0.717, 1.165) is 17.7 Å². The zero-order valence-electron chi connectivity index (χ0n) is 12.3. The third kappa shape index (κ3) is 5.92. The highest BCUT2D eigenvalue weighted by Gasteiger charge is 2.31. The van der Waals surface area contributed by atoms with Crippen molar-refractivity contribution in [1.29, 1.82) is 0 Å². The van der Waals surface area contributed by atoms with Crippen LogP contribution in [-0.2, 0) is 0 Å². The molecule has 5 heteroatoms. The number of alkyl halides is 3. The lowest BCUT2D eigenvalue weighted by atomic mass is 10.0. The van der Waals surface area contributed by atoms with Crippen LogP contribution in [0, 0.1) is 6.92 Å². The monoisotopic (exact) mass is 288 g/mol. The summed E-state index contributed by atoms with van der Waals surface area (Å²) < 4.78 is 37.6. The van der Waals surface area contributed by atoms with Crippen molar-refractivity contribution in [2.75, 3.05) is 26.2 Å². The van der Waals surface area contributed by atoms with Crippen LogP contribution in [0.25, 0.3) is 0 Å². The number of likely N-dealkylation sites (N-methyl/N-ethyl adjacent to an activating group) is 2. The molecule has 2 nitrogen and oxygen atoms in total. The lowest BCUT2D eigenvalue weighted by Crippen LogP contribution is -2.40. The van der Waals surface area contributed by atoms with Crippen LogP contribution in [0.5, 0.6) is 0 Å². The molecule has 1 atom stereocenters. The molecule has 0 aliphatic rings. The van der Waals surface area contributed by atoms with Crippen LogP contribution >= 0.6 is 0 Å². The summed E-state index contributed by atoms with van der Waals surface area (Å²) in [6.45, 7) is 6.30. The predicted molar refractivity (Wildman–Crippen MR) is 75.8 cm³/mol. The fourth-order valence-corrected chi connectivity index (χ4v) is 2.15. The largest absolute Gasteiger partial charge is 0.401 e. The van der Waals surface area contributed by atoms with E-state index in [1.54, 1.807) is 6.92 Å². The Hall–Kier alpha value is -1.07. The van der Waals surface area contributed by atoms with Crippen molar-refractivity contribution in [3.05, 3.63) is 35.4 Å². The third-order valence-corrected chi connectivity index (χ3v) is 3.22. The third-order valence-electron chi connectivity index (χ3n) is 3.22. The van der Waals surface area contributed by atoms with E-state index in [1.807, 2.05) is 38.1 Å². The molecule has 20 heavy (non-hydrogen) atoms. The van der Waals surface area contributed by atoms with Gasteiger partial charge in [-0.25, -0.2) is 0 Å². The summed E-state index contributed by atoms with van der Waals surface area (Å²) in [5.41, 5.74) is 2.17. The van der Waals surface area contributed by atoms with Crippen molar-refractivity contribution in [1.82, 2.24) is 10.2 Å². The Bertz CT molecular complexity index is 387. The van der Waals surface area contributed by atoms with E-state index in [4.69, 9.17) is 0 Å². The highest BCUT2D eigenvalue weighted by Crippen LogP contribution is 2.20. The second kappa shape index (κ2) is 7.64. The first-order valence-electron chi connectivity index (χ1n) is 6.94. The topological polar surface area (TPSA) is 15.3 Å². The molecule has 0 amide bonds. The van der Waals surface area contributed by atoms with Crippen molar-refractivity contribution in [2.45, 2.75) is 33.0 Å². The number of aryl methyl sites for hydroxylation is 1. The van der Waals surface area contributed by atoms with E-state index in [0.29, 0.717) is 13.1 Å². The number of halogens is 3. The first kappa shape index (κ1) is 17.0. The van der Waals surface area contributed by atoms with Gasteiger partial charge < -0.3 is 5.32 Å². The van der Waals surface area contributed by atoms with E-state index in [9.17, 15) is 13.2 Å². The van der Waals surface area contributed by atoms with Gasteiger partial charge in [0.2, 0.25) is 0 Å². The number of benzene rings is 1. The minimum absolute atomic E-state index is 0.0806. The lowest BCUT2D eigenvalue weighted by Gasteiger charge is -2.28. The zero-order valence-corrected chi connectivity index (χ0v) is 12.3. The molecule has 0 fully saturated rings. The van der Waals surface area contributed by atoms with Crippen molar-refractivity contribution in [3.63, 3.8) is 0 Å². The number of hydrogen-bond acceptors (Lipinski definition) is 2. The molecule has 0 aromatic heterocycles. The van der Waals surface area contributed by atoms with Crippen LogP contribution in [0.1, 0.15) is 31.0 Å². The average Bonchev–Trinajstić information content (AvgIpc) is 2.36. The van der Waals surface area contributed by atoms with Crippen LogP contribution in [-0.4, -0.2) is 37.3 Å². The maximum atomic E-state index is 12.5. The zero-order chi connectivity index (χ0) is 15.2. The van der Waals surface area contributed by atoms with Crippen molar-refractivity contribution in [3.8, 4) is 0 Å². The summed E-state index contributed by atoms with van der Waals surface area (Å²) in [7, 11) is 0. The predicted octanol–water partition coefficient (Wildman–Crippen LogP) is 3.53. The molecule has 0 saturated carbocycles. The second-order valence-corrected chi connectivity index (χ2v) is 4.96. The van der Waals surface area contributed by atoms with Crippen molar-refractivity contribution < 1.29 is 13.2 Å². The molecule has 0 spiro atoms. The summed E-state index contributed by atoms with van der Waals surface area (Å²) in [6.07, 6.45) is -4.15. The fraction of sp³-hybridized carbons (Fsp3) is 0.600. The fourth-order valence-electron chi connectivity index (χ4n) is 2.15. The van der Waals surface area contributed by atoms with Crippen molar-refractivity contribution >= 4 is 0 Å². The standard InChI is InChI=1S/C15H23F3N2/c1-4-19-14(13-8-6-12(3)7-9-13)10-20(5-2)11-15(16,17)18/h6-9,14,19H,4-5,10-11H2,1-3H3. The first-order valence-corrected chi connectivity index (χ1v) is 6.94. The SMILES string of the molecule is CCNC(CN(CC)CC(F)(F)F)c1ccc(C)cc1. The molecular formula is C15H23F3N2. The van der Waals surface area contributed by atoms with Crippen LogP contribution in [0.15, 0.2) is 24.3 Å². The normalized spacial score (nSPS) is 13.8. The molecule has 0 saturated heterocycles. The molecule has 0 radical (unpaired) electrons. The molecule has 0 aliphatic carbocycles. The molecule has 0 aliphatic heterocycles. The van der Waals surface area contributed by atoms with E-state index in [-0.39, 0.29) is 6.04 Å². The Morgan fingerprint density at radius 1 is 1.15 bits per heavy atom. The molecule has 114 valence electrons. The van der Waals surface area contributed by atoms with Gasteiger partial charge in [0.25, 0.3) is 0 Å². The van der Waals surface area contributed by atoms with Crippen LogP contribution in [0.4, 0.5) is 13.2 Å². The van der Waals surface area contributed by atoms with Gasteiger partial charge in [-0.3, -0.25) is 4.90 Å². The Labute approximate surface area is 119 Å². The van der Waals surface area contributed by atoms with Gasteiger partial charge in [0.15, 0.2) is 0 Å². The van der Waals surface area contributed by atoms with E-state index < -0.39 is 12.7 Å². The molecule has 1 rings (SSSR count). The van der Waals surface area contributed by atoms with E-state index >= 15 is 0 Å². The number of nitrogens with one attached hydrogen (secondary N) is 1. The number of nitrogens with zero attached hydrogens (tertiary/aromatic N) is 1. The number of hydrogen-bond donors (Lipinski definition) is 1. The second-order valence-electron chi connectivity index (χ2n) is 4.96. The molecule has 0 bridgehead atoms. The minimum Gasteiger partial charge on any atom is -0.309 e. The highest BCUT2D eigenvalue weighted by molar-refractivity contribution is 5.24.